The average Bonchev–Trinajstić information content (AvgIpc) is 2.78. The number of carboxylic acids is 1. The number of aromatic carboxylic acids is 1. The lowest BCUT2D eigenvalue weighted by molar-refractivity contribution is -0.122. The van der Waals surface area contributed by atoms with Crippen LogP contribution in [-0.2, 0) is 4.79 Å². The molecule has 8 nitrogen and oxygen atoms in total. The van der Waals surface area contributed by atoms with Crippen LogP contribution in [0.3, 0.4) is 0 Å². The van der Waals surface area contributed by atoms with Crippen LogP contribution in [0.15, 0.2) is 70.0 Å². The number of nitrogens with one attached hydrogen (secondary N) is 1. The number of benzene rings is 2. The molecule has 0 aliphatic carbocycles. The number of hydrogen-bond donors (Lipinski definition) is 2. The van der Waals surface area contributed by atoms with Crippen LogP contribution in [0.25, 0.3) is 22.1 Å². The quantitative estimate of drug-likeness (QED) is 0.380. The third-order valence-electron chi connectivity index (χ3n) is 4.87. The first-order valence-electron chi connectivity index (χ1n) is 9.91. The first-order valence-corrected chi connectivity index (χ1v) is 10.3. The monoisotopic (exact) mass is 482 g/mol. The Kier molecular flexibility index (Phi) is 6.29. The normalized spacial score (nSPS) is 11.7. The van der Waals surface area contributed by atoms with E-state index >= 15 is 0 Å². The molecule has 0 spiro atoms. The van der Waals surface area contributed by atoms with Crippen molar-refractivity contribution >= 4 is 40.1 Å². The predicted octanol–water partition coefficient (Wildman–Crippen LogP) is 4.75. The van der Waals surface area contributed by atoms with Crippen molar-refractivity contribution in [1.29, 1.82) is 0 Å². The zero-order valence-corrected chi connectivity index (χ0v) is 18.3. The maximum atomic E-state index is 13.4. The van der Waals surface area contributed by atoms with E-state index in [2.05, 4.69) is 10.3 Å². The average molecular weight is 483 g/mol. The van der Waals surface area contributed by atoms with Crippen LogP contribution in [0.4, 0.5) is 10.1 Å². The zero-order valence-electron chi connectivity index (χ0n) is 17.5. The van der Waals surface area contributed by atoms with E-state index in [1.165, 1.54) is 49.5 Å². The first-order chi connectivity index (χ1) is 16.2. The Labute approximate surface area is 196 Å². The van der Waals surface area contributed by atoms with E-state index < -0.39 is 29.4 Å². The lowest BCUT2D eigenvalue weighted by Gasteiger charge is -2.15. The molecule has 2 N–H and O–H groups in total. The lowest BCUT2D eigenvalue weighted by Crippen LogP contribution is -2.30. The van der Waals surface area contributed by atoms with Gasteiger partial charge in [-0.15, -0.1) is 0 Å². The summed E-state index contributed by atoms with van der Waals surface area (Å²) in [6.45, 7) is 1.52. The first kappa shape index (κ1) is 22.9. The van der Waals surface area contributed by atoms with E-state index in [0.29, 0.717) is 22.2 Å². The van der Waals surface area contributed by atoms with Gasteiger partial charge in [-0.05, 0) is 49.4 Å². The Balaban J connectivity index is 1.56. The van der Waals surface area contributed by atoms with E-state index in [4.69, 9.17) is 25.9 Å². The number of fused-ring (bicyclic) bond motifs is 1. The number of nitrogens with zero attached hydrogens (tertiary/aromatic N) is 1. The maximum absolute atomic E-state index is 13.4. The standard InChI is InChI=1S/C24H16ClFN2O6/c1-12(23(30)28-14-3-7-20(24(31)32)27-11-14)33-15-4-6-17-18(10-22(29)34-21(17)9-15)16-5-2-13(26)8-19(16)25/h2-12H,1H3,(H,28,30)(H,31,32). The van der Waals surface area contributed by atoms with Crippen LogP contribution in [0.1, 0.15) is 17.4 Å². The molecule has 10 heteroatoms. The maximum Gasteiger partial charge on any atom is 0.354 e. The van der Waals surface area contributed by atoms with Crippen molar-refractivity contribution in [3.63, 3.8) is 0 Å². The van der Waals surface area contributed by atoms with E-state index in [0.717, 1.165) is 6.07 Å². The van der Waals surface area contributed by atoms with Crippen LogP contribution in [-0.4, -0.2) is 28.1 Å². The van der Waals surface area contributed by atoms with Gasteiger partial charge in [0.2, 0.25) is 0 Å². The number of rotatable bonds is 6. The SMILES string of the molecule is CC(Oc1ccc2c(-c3ccc(F)cc3Cl)cc(=O)oc2c1)C(=O)Nc1ccc(C(=O)O)nc1. The summed E-state index contributed by atoms with van der Waals surface area (Å²) in [5.41, 5.74) is 0.637. The summed E-state index contributed by atoms with van der Waals surface area (Å²) in [5, 5.41) is 12.2. The minimum Gasteiger partial charge on any atom is -0.481 e. The van der Waals surface area contributed by atoms with Crippen LogP contribution in [0.5, 0.6) is 5.75 Å². The van der Waals surface area contributed by atoms with Crippen molar-refractivity contribution in [3.8, 4) is 16.9 Å². The Morgan fingerprint density at radius 3 is 2.59 bits per heavy atom. The van der Waals surface area contributed by atoms with Gasteiger partial charge in [0.15, 0.2) is 6.10 Å². The van der Waals surface area contributed by atoms with Crippen LogP contribution < -0.4 is 15.7 Å². The fourth-order valence-electron chi connectivity index (χ4n) is 3.24. The smallest absolute Gasteiger partial charge is 0.354 e. The molecule has 0 saturated carbocycles. The number of carbonyl (C=O) groups excluding carboxylic acids is 1. The molecule has 1 atom stereocenters. The van der Waals surface area contributed by atoms with Crippen LogP contribution >= 0.6 is 11.6 Å². The number of aromatic nitrogens is 1. The van der Waals surface area contributed by atoms with Gasteiger partial charge in [-0.2, -0.15) is 0 Å². The van der Waals surface area contributed by atoms with Gasteiger partial charge in [-0.25, -0.2) is 19.0 Å². The number of ether oxygens (including phenoxy) is 1. The second-order valence-corrected chi connectivity index (χ2v) is 7.66. The summed E-state index contributed by atoms with van der Waals surface area (Å²) in [6.07, 6.45) is 0.277. The summed E-state index contributed by atoms with van der Waals surface area (Å²) >= 11 is 6.17. The molecule has 2 heterocycles. The second-order valence-electron chi connectivity index (χ2n) is 7.25. The highest BCUT2D eigenvalue weighted by Gasteiger charge is 2.17. The number of amides is 1. The van der Waals surface area contributed by atoms with Crippen molar-refractivity contribution in [2.45, 2.75) is 13.0 Å². The number of carboxylic acid groups (broad SMARTS) is 1. The zero-order chi connectivity index (χ0) is 24.4. The molecule has 4 rings (SSSR count). The van der Waals surface area contributed by atoms with Crippen molar-refractivity contribution in [2.24, 2.45) is 0 Å². The molecule has 0 saturated heterocycles. The van der Waals surface area contributed by atoms with E-state index in [-0.39, 0.29) is 22.0 Å². The molecule has 1 unspecified atom stereocenters. The Bertz CT molecular complexity index is 1470. The summed E-state index contributed by atoms with van der Waals surface area (Å²) in [4.78, 5) is 39.2. The highest BCUT2D eigenvalue weighted by molar-refractivity contribution is 6.33. The minimum absolute atomic E-state index is 0.142. The van der Waals surface area contributed by atoms with Crippen LogP contribution in [0.2, 0.25) is 5.02 Å². The largest absolute Gasteiger partial charge is 0.481 e. The molecule has 4 aromatic rings. The Morgan fingerprint density at radius 2 is 1.91 bits per heavy atom. The Hall–Kier alpha value is -4.24. The minimum atomic E-state index is -1.18. The van der Waals surface area contributed by atoms with Gasteiger partial charge in [0.05, 0.1) is 16.9 Å². The number of pyridine rings is 1. The van der Waals surface area contributed by atoms with Crippen molar-refractivity contribution in [2.75, 3.05) is 5.32 Å². The van der Waals surface area contributed by atoms with Gasteiger partial charge in [0.1, 0.15) is 22.8 Å². The molecule has 0 radical (unpaired) electrons. The van der Waals surface area contributed by atoms with Gasteiger partial charge in [0, 0.05) is 28.6 Å². The van der Waals surface area contributed by atoms with E-state index in [1.54, 1.807) is 12.1 Å². The van der Waals surface area contributed by atoms with Crippen molar-refractivity contribution in [1.82, 2.24) is 4.98 Å². The molecule has 1 amide bonds. The van der Waals surface area contributed by atoms with Crippen molar-refractivity contribution in [3.05, 3.63) is 87.7 Å². The molecule has 172 valence electrons. The third kappa shape index (κ3) is 4.89. The second kappa shape index (κ2) is 9.32. The van der Waals surface area contributed by atoms with Crippen LogP contribution in [0, 0.1) is 5.82 Å². The van der Waals surface area contributed by atoms with E-state index in [9.17, 15) is 18.8 Å². The van der Waals surface area contributed by atoms with E-state index in [1.807, 2.05) is 0 Å². The van der Waals surface area contributed by atoms with Crippen molar-refractivity contribution < 1.29 is 28.2 Å². The summed E-state index contributed by atoms with van der Waals surface area (Å²) in [6, 6.07) is 12.5. The Morgan fingerprint density at radius 1 is 1.12 bits per heavy atom. The van der Waals surface area contributed by atoms with Gasteiger partial charge in [-0.3, -0.25) is 4.79 Å². The summed E-state index contributed by atoms with van der Waals surface area (Å²) in [5.74, 6) is -1.92. The van der Waals surface area contributed by atoms with Gasteiger partial charge >= 0.3 is 11.6 Å². The summed E-state index contributed by atoms with van der Waals surface area (Å²) in [7, 11) is 0. The number of hydrogen-bond acceptors (Lipinski definition) is 6. The molecular formula is C24H16ClFN2O6. The highest BCUT2D eigenvalue weighted by Crippen LogP contribution is 2.34. The molecule has 0 aliphatic rings. The van der Waals surface area contributed by atoms with Gasteiger partial charge < -0.3 is 19.6 Å². The lowest BCUT2D eigenvalue weighted by atomic mass is 10.0. The molecule has 0 aliphatic heterocycles. The molecule has 0 bridgehead atoms. The molecule has 34 heavy (non-hydrogen) atoms. The molecule has 2 aromatic carbocycles. The number of halogens is 2. The van der Waals surface area contributed by atoms with Gasteiger partial charge in [-0.1, -0.05) is 11.6 Å². The topological polar surface area (TPSA) is 119 Å². The highest BCUT2D eigenvalue weighted by atomic mass is 35.5. The fraction of sp³-hybridized carbons (Fsp3) is 0.0833. The fourth-order valence-corrected chi connectivity index (χ4v) is 3.51. The predicted molar refractivity (Wildman–Crippen MR) is 123 cm³/mol. The van der Waals surface area contributed by atoms with Gasteiger partial charge in [0.25, 0.3) is 5.91 Å². The third-order valence-corrected chi connectivity index (χ3v) is 5.18. The molecule has 2 aromatic heterocycles. The molecular weight excluding hydrogens is 467 g/mol. The molecule has 0 fully saturated rings. The summed E-state index contributed by atoms with van der Waals surface area (Å²) < 4.78 is 24.4. The number of anilines is 1. The number of carbonyl (C=O) groups is 2.